The number of hydrogen-bond donors (Lipinski definition) is 1. The van der Waals surface area contributed by atoms with Gasteiger partial charge in [0, 0.05) is 17.5 Å². The molecule has 2 aromatic rings. The van der Waals surface area contributed by atoms with Crippen molar-refractivity contribution >= 4 is 23.3 Å². The molecule has 5 heteroatoms. The highest BCUT2D eigenvalue weighted by atomic mass is 16.5. The van der Waals surface area contributed by atoms with Gasteiger partial charge in [-0.05, 0) is 48.9 Å². The molecule has 1 fully saturated rings. The lowest BCUT2D eigenvalue weighted by molar-refractivity contribution is -0.158. The molecule has 0 spiro atoms. The molecule has 5 nitrogen and oxygen atoms in total. The van der Waals surface area contributed by atoms with Crippen LogP contribution in [0.15, 0.2) is 48.5 Å². The normalized spacial score (nSPS) is 28.1. The zero-order chi connectivity index (χ0) is 20.1. The van der Waals surface area contributed by atoms with Crippen molar-refractivity contribution < 1.29 is 19.1 Å². The van der Waals surface area contributed by atoms with Crippen molar-refractivity contribution in [1.29, 1.82) is 0 Å². The van der Waals surface area contributed by atoms with Crippen LogP contribution in [0, 0.1) is 18.3 Å². The number of ether oxygens (including phenoxy) is 1. The van der Waals surface area contributed by atoms with Crippen molar-refractivity contribution in [2.24, 2.45) is 11.3 Å². The van der Waals surface area contributed by atoms with Crippen LogP contribution in [-0.2, 0) is 19.1 Å². The van der Waals surface area contributed by atoms with E-state index in [1.807, 2.05) is 55.5 Å². The van der Waals surface area contributed by atoms with Gasteiger partial charge in [0.15, 0.2) is 5.41 Å². The summed E-state index contributed by atoms with van der Waals surface area (Å²) in [5, 5.41) is 2.88. The van der Waals surface area contributed by atoms with E-state index in [1.54, 1.807) is 6.92 Å². The number of fused-ring (bicyclic) bond motifs is 3. The molecule has 0 bridgehead atoms. The Morgan fingerprint density at radius 2 is 1.71 bits per heavy atom. The fraction of sp³-hybridized carbons (Fsp3) is 0.348. The van der Waals surface area contributed by atoms with Crippen LogP contribution in [0.2, 0.25) is 0 Å². The summed E-state index contributed by atoms with van der Waals surface area (Å²) >= 11 is 0. The van der Waals surface area contributed by atoms with Gasteiger partial charge in [0.05, 0.1) is 7.11 Å². The van der Waals surface area contributed by atoms with E-state index in [0.29, 0.717) is 5.69 Å². The van der Waals surface area contributed by atoms with Crippen LogP contribution in [-0.4, -0.2) is 24.8 Å². The third-order valence-corrected chi connectivity index (χ3v) is 6.42. The van der Waals surface area contributed by atoms with Gasteiger partial charge in [0.25, 0.3) is 0 Å². The van der Waals surface area contributed by atoms with Crippen LogP contribution in [0.25, 0.3) is 0 Å². The van der Waals surface area contributed by atoms with Crippen LogP contribution in [0.1, 0.15) is 41.9 Å². The van der Waals surface area contributed by atoms with E-state index in [0.717, 1.165) is 16.7 Å². The molecule has 0 aromatic heterocycles. The van der Waals surface area contributed by atoms with Crippen molar-refractivity contribution in [3.8, 4) is 0 Å². The third kappa shape index (κ3) is 2.42. The van der Waals surface area contributed by atoms with Gasteiger partial charge in [-0.1, -0.05) is 42.5 Å². The molecular weight excluding hydrogens is 354 g/mol. The van der Waals surface area contributed by atoms with Crippen LogP contribution >= 0.6 is 0 Å². The second-order valence-electron chi connectivity index (χ2n) is 7.79. The van der Waals surface area contributed by atoms with Crippen molar-refractivity contribution in [2.75, 3.05) is 12.4 Å². The molecular formula is C23H23NO4. The molecule has 1 heterocycles. The van der Waals surface area contributed by atoms with E-state index in [4.69, 9.17) is 4.74 Å². The van der Waals surface area contributed by atoms with E-state index >= 15 is 0 Å². The minimum absolute atomic E-state index is 0.0199. The zero-order valence-corrected chi connectivity index (χ0v) is 16.2. The largest absolute Gasteiger partial charge is 0.468 e. The van der Waals surface area contributed by atoms with E-state index in [9.17, 15) is 14.4 Å². The Morgan fingerprint density at radius 3 is 2.36 bits per heavy atom. The number of ketones is 1. The lowest BCUT2D eigenvalue weighted by Gasteiger charge is -2.38. The third-order valence-electron chi connectivity index (χ3n) is 6.42. The smallest absolute Gasteiger partial charge is 0.322 e. The van der Waals surface area contributed by atoms with Gasteiger partial charge in [-0.25, -0.2) is 0 Å². The monoisotopic (exact) mass is 377 g/mol. The fourth-order valence-electron chi connectivity index (χ4n) is 5.26. The second kappa shape index (κ2) is 6.59. The molecule has 4 atom stereocenters. The SMILES string of the molecule is COC(=O)[C@]12C[C@H](c3ccccc3C)[C@H](C(C)=O)[C@H]1c1ccccc1NC2=O. The summed E-state index contributed by atoms with van der Waals surface area (Å²) in [5.74, 6) is -2.25. The zero-order valence-electron chi connectivity index (χ0n) is 16.2. The lowest BCUT2D eigenvalue weighted by Crippen LogP contribution is -2.50. The maximum atomic E-state index is 13.3. The van der Waals surface area contributed by atoms with Crippen molar-refractivity contribution in [3.63, 3.8) is 0 Å². The molecule has 1 N–H and O–H groups in total. The Balaban J connectivity index is 1.99. The topological polar surface area (TPSA) is 72.5 Å². The first-order valence-corrected chi connectivity index (χ1v) is 9.46. The first-order valence-electron chi connectivity index (χ1n) is 9.46. The minimum Gasteiger partial charge on any atom is -0.468 e. The molecule has 0 unspecified atom stereocenters. The number of carbonyl (C=O) groups is 3. The van der Waals surface area contributed by atoms with Gasteiger partial charge in [0.2, 0.25) is 5.91 Å². The first-order chi connectivity index (χ1) is 13.4. The molecule has 4 rings (SSSR count). The predicted octanol–water partition coefficient (Wildman–Crippen LogP) is 3.58. The van der Waals surface area contributed by atoms with Crippen LogP contribution in [0.3, 0.4) is 0 Å². The first kappa shape index (κ1) is 18.4. The van der Waals surface area contributed by atoms with Crippen LogP contribution < -0.4 is 5.32 Å². The predicted molar refractivity (Wildman–Crippen MR) is 105 cm³/mol. The number of hydrogen-bond acceptors (Lipinski definition) is 4. The molecule has 0 radical (unpaired) electrons. The molecule has 1 aliphatic heterocycles. The van der Waals surface area contributed by atoms with E-state index in [2.05, 4.69) is 5.32 Å². The van der Waals surface area contributed by atoms with Crippen molar-refractivity contribution in [1.82, 2.24) is 0 Å². The number of rotatable bonds is 3. The fourth-order valence-corrected chi connectivity index (χ4v) is 5.26. The number of carbonyl (C=O) groups excluding carboxylic acids is 3. The number of esters is 1. The molecule has 0 saturated heterocycles. The number of methoxy groups -OCH3 is 1. The Labute approximate surface area is 164 Å². The number of aryl methyl sites for hydroxylation is 1. The average molecular weight is 377 g/mol. The van der Waals surface area contributed by atoms with Gasteiger partial charge in [0.1, 0.15) is 5.78 Å². The number of Topliss-reactive ketones (excluding diaryl/α,β-unsaturated/α-hetero) is 1. The average Bonchev–Trinajstić information content (AvgIpc) is 3.06. The highest BCUT2D eigenvalue weighted by Crippen LogP contribution is 2.63. The van der Waals surface area contributed by atoms with Gasteiger partial charge >= 0.3 is 5.97 Å². The summed E-state index contributed by atoms with van der Waals surface area (Å²) in [6.45, 7) is 3.55. The summed E-state index contributed by atoms with van der Waals surface area (Å²) in [6.07, 6.45) is 0.250. The van der Waals surface area contributed by atoms with Crippen molar-refractivity contribution in [3.05, 3.63) is 65.2 Å². The number of amides is 1. The Kier molecular flexibility index (Phi) is 4.33. The second-order valence-corrected chi connectivity index (χ2v) is 7.79. The summed E-state index contributed by atoms with van der Waals surface area (Å²) in [7, 11) is 1.30. The minimum atomic E-state index is -1.41. The van der Waals surface area contributed by atoms with Crippen LogP contribution in [0.5, 0.6) is 0 Å². The number of benzene rings is 2. The van der Waals surface area contributed by atoms with E-state index in [1.165, 1.54) is 7.11 Å². The Bertz CT molecular complexity index is 982. The molecule has 1 saturated carbocycles. The molecule has 1 aliphatic carbocycles. The molecule has 1 amide bonds. The maximum Gasteiger partial charge on any atom is 0.322 e. The van der Waals surface area contributed by atoms with Crippen LogP contribution in [0.4, 0.5) is 5.69 Å². The molecule has 144 valence electrons. The summed E-state index contributed by atoms with van der Waals surface area (Å²) in [6, 6.07) is 15.3. The van der Waals surface area contributed by atoms with Gasteiger partial charge in [-0.2, -0.15) is 0 Å². The maximum absolute atomic E-state index is 13.3. The number of nitrogens with one attached hydrogen (secondary N) is 1. The molecule has 28 heavy (non-hydrogen) atoms. The number of para-hydroxylation sites is 1. The Hall–Kier alpha value is -2.95. The molecule has 2 aliphatic rings. The summed E-state index contributed by atoms with van der Waals surface area (Å²) < 4.78 is 5.11. The highest BCUT2D eigenvalue weighted by Gasteiger charge is 2.66. The van der Waals surface area contributed by atoms with E-state index < -0.39 is 23.2 Å². The Morgan fingerprint density at radius 1 is 1.07 bits per heavy atom. The lowest BCUT2D eigenvalue weighted by atomic mass is 9.67. The highest BCUT2D eigenvalue weighted by molar-refractivity contribution is 6.13. The summed E-state index contributed by atoms with van der Waals surface area (Å²) in [4.78, 5) is 39.2. The standard InChI is InChI=1S/C23H23NO4/c1-13-8-4-5-9-15(13)17-12-23(22(27)28-3)20(19(17)14(2)25)16-10-6-7-11-18(16)24-21(23)26/h4-11,17,19-20H,12H2,1-3H3,(H,24,26)/t17-,19+,20-,23-/m1/s1. The molecule has 2 aromatic carbocycles. The number of anilines is 1. The summed E-state index contributed by atoms with van der Waals surface area (Å²) in [5.41, 5.74) is 2.13. The van der Waals surface area contributed by atoms with Crippen molar-refractivity contribution in [2.45, 2.75) is 32.1 Å². The van der Waals surface area contributed by atoms with Gasteiger partial charge in [-0.15, -0.1) is 0 Å². The van der Waals surface area contributed by atoms with Gasteiger partial charge in [-0.3, -0.25) is 14.4 Å². The quantitative estimate of drug-likeness (QED) is 0.655. The van der Waals surface area contributed by atoms with E-state index in [-0.39, 0.29) is 24.0 Å². The van der Waals surface area contributed by atoms with Gasteiger partial charge < -0.3 is 10.1 Å².